The molecule has 88 valence electrons. The molecule has 1 aromatic heterocycles. The van der Waals surface area contributed by atoms with Gasteiger partial charge in [-0.15, -0.1) is 0 Å². The van der Waals surface area contributed by atoms with Crippen molar-refractivity contribution in [3.63, 3.8) is 0 Å². The van der Waals surface area contributed by atoms with Gasteiger partial charge in [0, 0.05) is 10.2 Å². The molecule has 0 saturated heterocycles. The molecule has 0 fully saturated rings. The van der Waals surface area contributed by atoms with Crippen LogP contribution in [0.1, 0.15) is 5.56 Å². The Labute approximate surface area is 115 Å². The summed E-state index contributed by atoms with van der Waals surface area (Å²) < 4.78 is 1.35. The molecule has 4 nitrogen and oxygen atoms in total. The summed E-state index contributed by atoms with van der Waals surface area (Å²) in [7, 11) is 0. The number of H-pyrrole nitrogens is 1. The zero-order chi connectivity index (χ0) is 12.4. The lowest BCUT2D eigenvalue weighted by Crippen LogP contribution is -2.10. The predicted octanol–water partition coefficient (Wildman–Crippen LogP) is 3.35. The van der Waals surface area contributed by atoms with Gasteiger partial charge in [-0.2, -0.15) is 0 Å². The summed E-state index contributed by atoms with van der Waals surface area (Å²) in [6, 6.07) is 5.87. The van der Waals surface area contributed by atoms with Crippen LogP contribution in [0.15, 0.2) is 38.3 Å². The first-order chi connectivity index (χ1) is 8.08. The average molecular weight is 359 g/mol. The van der Waals surface area contributed by atoms with E-state index < -0.39 is 0 Å². The fourth-order valence-corrected chi connectivity index (χ4v) is 2.00. The minimum Gasteiger partial charge on any atom is -0.339 e. The van der Waals surface area contributed by atoms with Gasteiger partial charge in [-0.25, -0.2) is 4.98 Å². The molecule has 0 aliphatic carbocycles. The fourth-order valence-electron chi connectivity index (χ4n) is 1.33. The van der Waals surface area contributed by atoms with E-state index in [9.17, 15) is 4.79 Å². The summed E-state index contributed by atoms with van der Waals surface area (Å²) in [6.07, 6.45) is 1.36. The van der Waals surface area contributed by atoms with Gasteiger partial charge in [0.1, 0.15) is 4.47 Å². The molecule has 0 unspecified atom stereocenters. The largest absolute Gasteiger partial charge is 0.339 e. The number of hydrogen-bond acceptors (Lipinski definition) is 3. The lowest BCUT2D eigenvalue weighted by molar-refractivity contribution is 1.10. The third kappa shape index (κ3) is 2.76. The van der Waals surface area contributed by atoms with Crippen molar-refractivity contribution in [2.24, 2.45) is 0 Å². The van der Waals surface area contributed by atoms with Gasteiger partial charge in [-0.1, -0.05) is 22.0 Å². The molecule has 0 amide bonds. The second-order valence-corrected chi connectivity index (χ2v) is 5.19. The van der Waals surface area contributed by atoms with E-state index in [4.69, 9.17) is 0 Å². The van der Waals surface area contributed by atoms with Crippen molar-refractivity contribution in [1.29, 1.82) is 0 Å². The Hall–Kier alpha value is -1.14. The summed E-state index contributed by atoms with van der Waals surface area (Å²) in [5.74, 6) is 0.495. The first-order valence-electron chi connectivity index (χ1n) is 4.84. The zero-order valence-electron chi connectivity index (χ0n) is 8.92. The van der Waals surface area contributed by atoms with Crippen LogP contribution in [-0.4, -0.2) is 9.97 Å². The van der Waals surface area contributed by atoms with Gasteiger partial charge >= 0.3 is 0 Å². The Morgan fingerprint density at radius 1 is 1.35 bits per heavy atom. The molecular weight excluding hydrogens is 350 g/mol. The maximum Gasteiger partial charge on any atom is 0.267 e. The summed E-state index contributed by atoms with van der Waals surface area (Å²) >= 11 is 6.60. The standard InChI is InChI=1S/C11H9Br2N3O/c1-6-2-3-7(12)4-8(6)16-10-9(13)11(17)15-5-14-10/h2-5H,1H3,(H2,14,15,16,17). The molecule has 17 heavy (non-hydrogen) atoms. The van der Waals surface area contributed by atoms with Gasteiger partial charge in [-0.05, 0) is 40.5 Å². The van der Waals surface area contributed by atoms with Crippen LogP contribution >= 0.6 is 31.9 Å². The van der Waals surface area contributed by atoms with E-state index >= 15 is 0 Å². The number of aromatic nitrogens is 2. The maximum absolute atomic E-state index is 11.4. The zero-order valence-corrected chi connectivity index (χ0v) is 12.1. The lowest BCUT2D eigenvalue weighted by Gasteiger charge is -2.09. The summed E-state index contributed by atoms with van der Waals surface area (Å²) in [4.78, 5) is 18.0. The van der Waals surface area contributed by atoms with Crippen molar-refractivity contribution >= 4 is 43.4 Å². The smallest absolute Gasteiger partial charge is 0.267 e. The molecular formula is C11H9Br2N3O. The molecule has 0 saturated carbocycles. The summed E-state index contributed by atoms with van der Waals surface area (Å²) in [5, 5.41) is 3.11. The van der Waals surface area contributed by atoms with Crippen molar-refractivity contribution in [2.45, 2.75) is 6.92 Å². The predicted molar refractivity (Wildman–Crippen MR) is 74.7 cm³/mol. The van der Waals surface area contributed by atoms with Crippen LogP contribution < -0.4 is 10.9 Å². The van der Waals surface area contributed by atoms with Crippen LogP contribution in [0.2, 0.25) is 0 Å². The van der Waals surface area contributed by atoms with Gasteiger partial charge in [0.2, 0.25) is 0 Å². The minimum atomic E-state index is -0.213. The van der Waals surface area contributed by atoms with E-state index in [0.717, 1.165) is 15.7 Å². The van der Waals surface area contributed by atoms with Crippen LogP contribution in [0.5, 0.6) is 0 Å². The highest BCUT2D eigenvalue weighted by Crippen LogP contribution is 2.25. The van der Waals surface area contributed by atoms with Crippen LogP contribution in [-0.2, 0) is 0 Å². The van der Waals surface area contributed by atoms with Crippen molar-refractivity contribution in [3.05, 3.63) is 49.4 Å². The van der Waals surface area contributed by atoms with Crippen LogP contribution in [0, 0.1) is 6.92 Å². The molecule has 0 atom stereocenters. The average Bonchev–Trinajstić information content (AvgIpc) is 2.30. The highest BCUT2D eigenvalue weighted by Gasteiger charge is 2.07. The van der Waals surface area contributed by atoms with E-state index in [-0.39, 0.29) is 5.56 Å². The molecule has 1 aromatic carbocycles. The number of nitrogens with zero attached hydrogens (tertiary/aromatic N) is 1. The molecule has 0 spiro atoms. The van der Waals surface area contributed by atoms with Gasteiger partial charge in [0.15, 0.2) is 5.82 Å². The minimum absolute atomic E-state index is 0.213. The van der Waals surface area contributed by atoms with Crippen LogP contribution in [0.25, 0.3) is 0 Å². The Morgan fingerprint density at radius 3 is 2.88 bits per heavy atom. The quantitative estimate of drug-likeness (QED) is 0.865. The van der Waals surface area contributed by atoms with Gasteiger partial charge in [-0.3, -0.25) is 4.79 Å². The number of aryl methyl sites for hydroxylation is 1. The first-order valence-corrected chi connectivity index (χ1v) is 6.43. The van der Waals surface area contributed by atoms with Crippen molar-refractivity contribution in [3.8, 4) is 0 Å². The topological polar surface area (TPSA) is 57.8 Å². The Kier molecular flexibility index (Phi) is 3.63. The number of rotatable bonds is 2. The van der Waals surface area contributed by atoms with Crippen molar-refractivity contribution in [1.82, 2.24) is 9.97 Å². The third-order valence-corrected chi connectivity index (χ3v) is 3.48. The normalized spacial score (nSPS) is 10.3. The molecule has 0 aliphatic rings. The summed E-state index contributed by atoms with van der Waals surface area (Å²) in [6.45, 7) is 1.98. The molecule has 2 N–H and O–H groups in total. The molecule has 0 bridgehead atoms. The maximum atomic E-state index is 11.4. The number of nitrogens with one attached hydrogen (secondary N) is 2. The Bertz CT molecular complexity index is 610. The van der Waals surface area contributed by atoms with E-state index in [0.29, 0.717) is 10.3 Å². The molecule has 6 heteroatoms. The second-order valence-electron chi connectivity index (χ2n) is 3.48. The second kappa shape index (κ2) is 5.01. The molecule has 0 aliphatic heterocycles. The number of benzene rings is 1. The van der Waals surface area contributed by atoms with Gasteiger partial charge in [0.25, 0.3) is 5.56 Å². The molecule has 2 rings (SSSR count). The molecule has 2 aromatic rings. The number of anilines is 2. The number of aromatic amines is 1. The van der Waals surface area contributed by atoms with Crippen molar-refractivity contribution in [2.75, 3.05) is 5.32 Å². The highest BCUT2D eigenvalue weighted by molar-refractivity contribution is 9.10. The van der Waals surface area contributed by atoms with Crippen LogP contribution in [0.4, 0.5) is 11.5 Å². The summed E-state index contributed by atoms with van der Waals surface area (Å²) in [5.41, 5.74) is 1.76. The number of hydrogen-bond donors (Lipinski definition) is 2. The van der Waals surface area contributed by atoms with Gasteiger partial charge < -0.3 is 10.3 Å². The van der Waals surface area contributed by atoms with Crippen LogP contribution in [0.3, 0.4) is 0 Å². The van der Waals surface area contributed by atoms with E-state index in [1.165, 1.54) is 6.33 Å². The SMILES string of the molecule is Cc1ccc(Br)cc1Nc1nc[nH]c(=O)c1Br. The van der Waals surface area contributed by atoms with Crippen molar-refractivity contribution < 1.29 is 0 Å². The van der Waals surface area contributed by atoms with E-state index in [1.807, 2.05) is 25.1 Å². The van der Waals surface area contributed by atoms with E-state index in [1.54, 1.807) is 0 Å². The molecule has 1 heterocycles. The van der Waals surface area contributed by atoms with E-state index in [2.05, 4.69) is 47.1 Å². The third-order valence-electron chi connectivity index (χ3n) is 2.25. The molecule has 0 radical (unpaired) electrons. The Morgan fingerprint density at radius 2 is 2.12 bits per heavy atom. The monoisotopic (exact) mass is 357 g/mol. The fraction of sp³-hybridized carbons (Fsp3) is 0.0909. The highest BCUT2D eigenvalue weighted by atomic mass is 79.9. The number of halogens is 2. The lowest BCUT2D eigenvalue weighted by atomic mass is 10.2. The van der Waals surface area contributed by atoms with Gasteiger partial charge in [0.05, 0.1) is 6.33 Å². The Balaban J connectivity index is 2.41. The first kappa shape index (κ1) is 12.3.